The Morgan fingerprint density at radius 1 is 1.17 bits per heavy atom. The van der Waals surface area contributed by atoms with E-state index in [0.29, 0.717) is 23.7 Å². The van der Waals surface area contributed by atoms with E-state index in [9.17, 15) is 9.59 Å². The van der Waals surface area contributed by atoms with Gasteiger partial charge >= 0.3 is 6.03 Å². The van der Waals surface area contributed by atoms with Gasteiger partial charge < -0.3 is 15.5 Å². The lowest BCUT2D eigenvalue weighted by Gasteiger charge is -2.18. The maximum absolute atomic E-state index is 12.4. The van der Waals surface area contributed by atoms with Gasteiger partial charge in [-0.1, -0.05) is 18.2 Å². The zero-order valence-electron chi connectivity index (χ0n) is 14.0. The molecule has 5 nitrogen and oxygen atoms in total. The molecule has 5 heteroatoms. The molecule has 0 radical (unpaired) electrons. The van der Waals surface area contributed by atoms with Crippen LogP contribution in [0.1, 0.15) is 42.5 Å². The summed E-state index contributed by atoms with van der Waals surface area (Å²) in [4.78, 5) is 26.3. The van der Waals surface area contributed by atoms with Gasteiger partial charge in [-0.3, -0.25) is 4.79 Å². The van der Waals surface area contributed by atoms with E-state index >= 15 is 0 Å². The predicted molar refractivity (Wildman–Crippen MR) is 95.1 cm³/mol. The molecule has 2 aliphatic rings. The van der Waals surface area contributed by atoms with Gasteiger partial charge in [0.2, 0.25) is 0 Å². The molecule has 0 aromatic heterocycles. The highest BCUT2D eigenvalue weighted by molar-refractivity contribution is 5.97. The smallest absolute Gasteiger partial charge is 0.319 e. The number of rotatable bonds is 4. The number of carbonyl (C=O) groups excluding carboxylic acids is 2. The number of hydrogen-bond acceptors (Lipinski definition) is 2. The normalized spacial score (nSPS) is 20.0. The van der Waals surface area contributed by atoms with Crippen LogP contribution in [0, 0.1) is 5.92 Å². The third-order valence-corrected chi connectivity index (χ3v) is 4.69. The Kier molecular flexibility index (Phi) is 5.51. The number of hydrogen-bond donors (Lipinski definition) is 2. The summed E-state index contributed by atoms with van der Waals surface area (Å²) in [5.41, 5.74) is 1.29. The van der Waals surface area contributed by atoms with Crippen molar-refractivity contribution in [3.63, 3.8) is 0 Å². The second kappa shape index (κ2) is 7.99. The summed E-state index contributed by atoms with van der Waals surface area (Å²) in [5, 5.41) is 5.75. The fourth-order valence-electron chi connectivity index (χ4n) is 3.29. The van der Waals surface area contributed by atoms with E-state index in [2.05, 4.69) is 22.8 Å². The Morgan fingerprint density at radius 3 is 2.75 bits per heavy atom. The van der Waals surface area contributed by atoms with Gasteiger partial charge in [0.25, 0.3) is 5.91 Å². The van der Waals surface area contributed by atoms with Crippen LogP contribution >= 0.6 is 0 Å². The van der Waals surface area contributed by atoms with Crippen molar-refractivity contribution in [3.05, 3.63) is 42.0 Å². The fourth-order valence-corrected chi connectivity index (χ4v) is 3.29. The van der Waals surface area contributed by atoms with E-state index in [4.69, 9.17) is 0 Å². The zero-order valence-corrected chi connectivity index (χ0v) is 14.0. The van der Waals surface area contributed by atoms with Crippen molar-refractivity contribution in [3.8, 4) is 0 Å². The molecule has 1 aromatic rings. The minimum atomic E-state index is -0.213. The molecule has 3 rings (SSSR count). The number of nitrogens with zero attached hydrogens (tertiary/aromatic N) is 1. The number of urea groups is 1. The van der Waals surface area contributed by atoms with Gasteiger partial charge in [-0.25, -0.2) is 4.79 Å². The van der Waals surface area contributed by atoms with E-state index < -0.39 is 0 Å². The van der Waals surface area contributed by atoms with Crippen molar-refractivity contribution in [1.82, 2.24) is 10.2 Å². The highest BCUT2D eigenvalue weighted by atomic mass is 16.2. The first kappa shape index (κ1) is 16.6. The van der Waals surface area contributed by atoms with Crippen molar-refractivity contribution in [2.24, 2.45) is 5.92 Å². The van der Waals surface area contributed by atoms with Crippen LogP contribution in [0.25, 0.3) is 0 Å². The number of amides is 3. The molecular formula is C19H25N3O2. The SMILES string of the molecule is O=C(NC[C@@H]1CC=CCC1)Nc1cccc(C(=O)N2CCCC2)c1. The van der Waals surface area contributed by atoms with Crippen LogP contribution in [0.15, 0.2) is 36.4 Å². The molecule has 1 heterocycles. The molecule has 0 bridgehead atoms. The summed E-state index contributed by atoms with van der Waals surface area (Å²) in [6.45, 7) is 2.34. The molecule has 1 aliphatic carbocycles. The Labute approximate surface area is 143 Å². The van der Waals surface area contributed by atoms with Gasteiger partial charge in [-0.2, -0.15) is 0 Å². The third kappa shape index (κ3) is 4.37. The topological polar surface area (TPSA) is 61.4 Å². The molecule has 1 fully saturated rings. The minimum Gasteiger partial charge on any atom is -0.339 e. The molecular weight excluding hydrogens is 302 g/mol. The van der Waals surface area contributed by atoms with Gasteiger partial charge in [0.15, 0.2) is 0 Å². The highest BCUT2D eigenvalue weighted by Gasteiger charge is 2.19. The van der Waals surface area contributed by atoms with E-state index in [1.54, 1.807) is 12.1 Å². The maximum Gasteiger partial charge on any atom is 0.319 e. The molecule has 1 aliphatic heterocycles. The van der Waals surface area contributed by atoms with Gasteiger partial charge in [0.05, 0.1) is 0 Å². The standard InChI is InChI=1S/C19H25N3O2/c23-18(22-11-4-5-12-22)16-9-6-10-17(13-16)21-19(24)20-14-15-7-2-1-3-8-15/h1-2,6,9-10,13,15H,3-5,7-8,11-12,14H2,(H2,20,21,24)/t15-/m1/s1. The fraction of sp³-hybridized carbons (Fsp3) is 0.474. The van der Waals surface area contributed by atoms with Crippen molar-refractivity contribution in [1.29, 1.82) is 0 Å². The van der Waals surface area contributed by atoms with Crippen LogP contribution in [0.2, 0.25) is 0 Å². The van der Waals surface area contributed by atoms with Crippen LogP contribution in [0.3, 0.4) is 0 Å². The average Bonchev–Trinajstić information content (AvgIpc) is 3.15. The van der Waals surface area contributed by atoms with Crippen LogP contribution < -0.4 is 10.6 Å². The Hall–Kier alpha value is -2.30. The first-order valence-corrected chi connectivity index (χ1v) is 8.81. The molecule has 3 amide bonds. The largest absolute Gasteiger partial charge is 0.339 e. The van der Waals surface area contributed by atoms with Crippen LogP contribution in [0.4, 0.5) is 10.5 Å². The molecule has 1 aromatic carbocycles. The van der Waals surface area contributed by atoms with Crippen LogP contribution in [-0.2, 0) is 0 Å². The quantitative estimate of drug-likeness (QED) is 0.833. The van der Waals surface area contributed by atoms with Crippen LogP contribution in [-0.4, -0.2) is 36.5 Å². The summed E-state index contributed by atoms with van der Waals surface area (Å²) in [6, 6.07) is 6.96. The predicted octanol–water partition coefficient (Wildman–Crippen LogP) is 3.40. The van der Waals surface area contributed by atoms with Gasteiger partial charge in [0, 0.05) is 30.9 Å². The Bertz CT molecular complexity index is 621. The molecule has 0 saturated carbocycles. The summed E-state index contributed by atoms with van der Waals surface area (Å²) < 4.78 is 0. The number of benzene rings is 1. The third-order valence-electron chi connectivity index (χ3n) is 4.69. The van der Waals surface area contributed by atoms with Gasteiger partial charge in [-0.05, 0) is 56.2 Å². The lowest BCUT2D eigenvalue weighted by Crippen LogP contribution is -2.33. The molecule has 24 heavy (non-hydrogen) atoms. The molecule has 0 spiro atoms. The van der Waals surface area contributed by atoms with Crippen molar-refractivity contribution in [2.75, 3.05) is 25.0 Å². The van der Waals surface area contributed by atoms with E-state index in [1.807, 2.05) is 17.0 Å². The van der Waals surface area contributed by atoms with E-state index in [-0.39, 0.29) is 11.9 Å². The Balaban J connectivity index is 1.52. The van der Waals surface area contributed by atoms with Crippen molar-refractivity contribution < 1.29 is 9.59 Å². The van der Waals surface area contributed by atoms with Crippen molar-refractivity contribution >= 4 is 17.6 Å². The van der Waals surface area contributed by atoms with Gasteiger partial charge in [-0.15, -0.1) is 0 Å². The second-order valence-corrected chi connectivity index (χ2v) is 6.57. The minimum absolute atomic E-state index is 0.0468. The first-order valence-electron chi connectivity index (χ1n) is 8.81. The van der Waals surface area contributed by atoms with Crippen molar-refractivity contribution in [2.45, 2.75) is 32.1 Å². The lowest BCUT2D eigenvalue weighted by molar-refractivity contribution is 0.0793. The number of anilines is 1. The molecule has 1 saturated heterocycles. The molecule has 0 unspecified atom stereocenters. The maximum atomic E-state index is 12.4. The second-order valence-electron chi connectivity index (χ2n) is 6.57. The van der Waals surface area contributed by atoms with E-state index in [1.165, 1.54) is 0 Å². The highest BCUT2D eigenvalue weighted by Crippen LogP contribution is 2.18. The monoisotopic (exact) mass is 327 g/mol. The summed E-state index contributed by atoms with van der Waals surface area (Å²) in [5.74, 6) is 0.564. The van der Waals surface area contributed by atoms with Gasteiger partial charge in [0.1, 0.15) is 0 Å². The number of allylic oxidation sites excluding steroid dienone is 2. The van der Waals surface area contributed by atoms with E-state index in [0.717, 1.165) is 45.2 Å². The lowest BCUT2D eigenvalue weighted by atomic mass is 9.94. The summed E-state index contributed by atoms with van der Waals surface area (Å²) >= 11 is 0. The molecule has 1 atom stereocenters. The zero-order chi connectivity index (χ0) is 16.8. The molecule has 2 N–H and O–H groups in total. The first-order chi connectivity index (χ1) is 11.7. The summed E-state index contributed by atoms with van der Waals surface area (Å²) in [6.07, 6.45) is 9.76. The Morgan fingerprint density at radius 2 is 2.00 bits per heavy atom. The molecule has 128 valence electrons. The number of carbonyl (C=O) groups is 2. The number of likely N-dealkylation sites (tertiary alicyclic amines) is 1. The van der Waals surface area contributed by atoms with Crippen LogP contribution in [0.5, 0.6) is 0 Å². The average molecular weight is 327 g/mol. The number of nitrogens with one attached hydrogen (secondary N) is 2. The summed E-state index contributed by atoms with van der Waals surface area (Å²) in [7, 11) is 0.